The minimum Gasteiger partial charge on any atom is -0.343 e. The first kappa shape index (κ1) is 9.91. The molecule has 1 aromatic heterocycles. The van der Waals surface area contributed by atoms with Crippen molar-refractivity contribution in [1.82, 2.24) is 4.57 Å². The molecule has 0 fully saturated rings. The maximum Gasteiger partial charge on any atom is 0.0518 e. The molecule has 1 atom stereocenters. The van der Waals surface area contributed by atoms with Crippen molar-refractivity contribution in [2.24, 2.45) is 5.73 Å². The molecule has 16 heavy (non-hydrogen) atoms. The van der Waals surface area contributed by atoms with Crippen LogP contribution in [0.5, 0.6) is 0 Å². The standard InChI is InChI=1S/C14H18N2/c1-9-12-7-3-5-11-6-4-8-16(14(11)12)13(9)10(2)15/h3,5,7,10H,4,6,8,15H2,1-2H3. The molecule has 0 spiro atoms. The van der Waals surface area contributed by atoms with Gasteiger partial charge in [0, 0.05) is 23.7 Å². The largest absolute Gasteiger partial charge is 0.343 e. The lowest BCUT2D eigenvalue weighted by Crippen LogP contribution is -2.16. The lowest BCUT2D eigenvalue weighted by molar-refractivity contribution is 0.586. The van der Waals surface area contributed by atoms with Crippen molar-refractivity contribution in [3.8, 4) is 0 Å². The number of rotatable bonds is 1. The quantitative estimate of drug-likeness (QED) is 0.777. The molecule has 3 rings (SSSR count). The highest BCUT2D eigenvalue weighted by molar-refractivity contribution is 5.88. The summed E-state index contributed by atoms with van der Waals surface area (Å²) in [6.07, 6.45) is 2.44. The van der Waals surface area contributed by atoms with Gasteiger partial charge in [0.25, 0.3) is 0 Å². The summed E-state index contributed by atoms with van der Waals surface area (Å²) in [4.78, 5) is 0. The molecule has 1 aliphatic heterocycles. The van der Waals surface area contributed by atoms with Crippen molar-refractivity contribution in [3.05, 3.63) is 35.0 Å². The molecule has 0 bridgehead atoms. The van der Waals surface area contributed by atoms with Gasteiger partial charge in [-0.05, 0) is 37.8 Å². The van der Waals surface area contributed by atoms with E-state index in [1.807, 2.05) is 0 Å². The van der Waals surface area contributed by atoms with Crippen LogP contribution >= 0.6 is 0 Å². The topological polar surface area (TPSA) is 30.9 Å². The van der Waals surface area contributed by atoms with E-state index in [9.17, 15) is 0 Å². The van der Waals surface area contributed by atoms with Gasteiger partial charge >= 0.3 is 0 Å². The van der Waals surface area contributed by atoms with Crippen LogP contribution in [0.15, 0.2) is 18.2 Å². The first-order valence-corrected chi connectivity index (χ1v) is 6.06. The first-order chi connectivity index (χ1) is 7.70. The van der Waals surface area contributed by atoms with Crippen LogP contribution in [-0.2, 0) is 13.0 Å². The van der Waals surface area contributed by atoms with Crippen molar-refractivity contribution in [1.29, 1.82) is 0 Å². The van der Waals surface area contributed by atoms with E-state index in [0.717, 1.165) is 6.54 Å². The van der Waals surface area contributed by atoms with Crippen LogP contribution in [-0.4, -0.2) is 4.57 Å². The summed E-state index contributed by atoms with van der Waals surface area (Å²) in [6.45, 7) is 5.41. The summed E-state index contributed by atoms with van der Waals surface area (Å²) in [5, 5.41) is 1.39. The molecule has 0 aliphatic carbocycles. The van der Waals surface area contributed by atoms with Gasteiger partial charge in [0.2, 0.25) is 0 Å². The number of nitrogens with zero attached hydrogens (tertiary/aromatic N) is 1. The summed E-state index contributed by atoms with van der Waals surface area (Å²) in [5.41, 5.74) is 11.7. The van der Waals surface area contributed by atoms with Crippen LogP contribution in [0.1, 0.15) is 36.2 Å². The molecule has 2 aromatic rings. The second-order valence-electron chi connectivity index (χ2n) is 4.87. The Balaban J connectivity index is 2.45. The highest BCUT2D eigenvalue weighted by Crippen LogP contribution is 2.34. The van der Waals surface area contributed by atoms with Gasteiger partial charge in [0.05, 0.1) is 5.52 Å². The third-order valence-corrected chi connectivity index (χ3v) is 3.73. The monoisotopic (exact) mass is 214 g/mol. The zero-order valence-electron chi connectivity index (χ0n) is 9.96. The van der Waals surface area contributed by atoms with Gasteiger partial charge in [-0.25, -0.2) is 0 Å². The van der Waals surface area contributed by atoms with Crippen molar-refractivity contribution >= 4 is 10.9 Å². The van der Waals surface area contributed by atoms with E-state index < -0.39 is 0 Å². The van der Waals surface area contributed by atoms with Crippen LogP contribution < -0.4 is 5.73 Å². The van der Waals surface area contributed by atoms with Gasteiger partial charge in [-0.1, -0.05) is 18.2 Å². The van der Waals surface area contributed by atoms with Gasteiger partial charge in [-0.2, -0.15) is 0 Å². The van der Waals surface area contributed by atoms with Crippen LogP contribution in [0.2, 0.25) is 0 Å². The first-order valence-electron chi connectivity index (χ1n) is 6.06. The fourth-order valence-electron chi connectivity index (χ4n) is 3.12. The lowest BCUT2D eigenvalue weighted by Gasteiger charge is -2.19. The molecular formula is C14H18N2. The van der Waals surface area contributed by atoms with Gasteiger partial charge in [0.15, 0.2) is 0 Å². The Hall–Kier alpha value is -1.28. The highest BCUT2D eigenvalue weighted by Gasteiger charge is 2.21. The third kappa shape index (κ3) is 1.17. The fourth-order valence-corrected chi connectivity index (χ4v) is 3.12. The molecule has 84 valence electrons. The minimum absolute atomic E-state index is 0.123. The lowest BCUT2D eigenvalue weighted by atomic mass is 10.0. The molecular weight excluding hydrogens is 196 g/mol. The predicted octanol–water partition coefficient (Wildman–Crippen LogP) is 2.92. The molecule has 2 nitrogen and oxygen atoms in total. The fraction of sp³-hybridized carbons (Fsp3) is 0.429. The van der Waals surface area contributed by atoms with Crippen molar-refractivity contribution in [2.45, 2.75) is 39.3 Å². The zero-order valence-corrected chi connectivity index (χ0v) is 9.96. The molecule has 2 N–H and O–H groups in total. The van der Waals surface area contributed by atoms with E-state index in [2.05, 4.69) is 36.6 Å². The summed E-state index contributed by atoms with van der Waals surface area (Å²) in [6, 6.07) is 6.77. The van der Waals surface area contributed by atoms with Gasteiger partial charge in [-0.15, -0.1) is 0 Å². The van der Waals surface area contributed by atoms with Gasteiger partial charge < -0.3 is 10.3 Å². The van der Waals surface area contributed by atoms with E-state index in [4.69, 9.17) is 5.73 Å². The van der Waals surface area contributed by atoms with Gasteiger partial charge in [0.1, 0.15) is 0 Å². The minimum atomic E-state index is 0.123. The molecule has 0 radical (unpaired) electrons. The summed E-state index contributed by atoms with van der Waals surface area (Å²) in [5.74, 6) is 0. The Bertz CT molecular complexity index is 549. The second kappa shape index (κ2) is 3.36. The number of hydrogen-bond donors (Lipinski definition) is 1. The SMILES string of the molecule is Cc1c(C(C)N)n2c3c(cccc13)CCC2. The van der Waals surface area contributed by atoms with Crippen LogP contribution in [0.25, 0.3) is 10.9 Å². The van der Waals surface area contributed by atoms with E-state index in [1.165, 1.54) is 40.6 Å². The second-order valence-corrected chi connectivity index (χ2v) is 4.87. The molecule has 1 aliphatic rings. The molecule has 2 heteroatoms. The molecule has 2 heterocycles. The Kier molecular flexibility index (Phi) is 2.08. The molecule has 0 saturated heterocycles. The molecule has 0 amide bonds. The summed E-state index contributed by atoms with van der Waals surface area (Å²) >= 11 is 0. The van der Waals surface area contributed by atoms with E-state index >= 15 is 0 Å². The molecule has 0 saturated carbocycles. The Morgan fingerprint density at radius 3 is 2.94 bits per heavy atom. The van der Waals surface area contributed by atoms with Crippen LogP contribution in [0.3, 0.4) is 0 Å². The third-order valence-electron chi connectivity index (χ3n) is 3.73. The van der Waals surface area contributed by atoms with Crippen LogP contribution in [0, 0.1) is 6.92 Å². The zero-order chi connectivity index (χ0) is 11.3. The smallest absolute Gasteiger partial charge is 0.0518 e. The maximum absolute atomic E-state index is 6.11. The Labute approximate surface area is 96.1 Å². The van der Waals surface area contributed by atoms with Crippen molar-refractivity contribution in [3.63, 3.8) is 0 Å². The average Bonchev–Trinajstić information content (AvgIpc) is 2.55. The van der Waals surface area contributed by atoms with Crippen molar-refractivity contribution in [2.75, 3.05) is 0 Å². The van der Waals surface area contributed by atoms with Crippen LogP contribution in [0.4, 0.5) is 0 Å². The Morgan fingerprint density at radius 1 is 1.38 bits per heavy atom. The summed E-state index contributed by atoms with van der Waals surface area (Å²) < 4.78 is 2.44. The summed E-state index contributed by atoms with van der Waals surface area (Å²) in [7, 11) is 0. The highest BCUT2D eigenvalue weighted by atomic mass is 15.0. The normalized spacial score (nSPS) is 16.7. The number of nitrogens with two attached hydrogens (primary N) is 1. The number of para-hydroxylation sites is 1. The predicted molar refractivity (Wildman–Crippen MR) is 67.6 cm³/mol. The Morgan fingerprint density at radius 2 is 2.19 bits per heavy atom. The molecule has 1 aromatic carbocycles. The van der Waals surface area contributed by atoms with E-state index in [0.29, 0.717) is 0 Å². The van der Waals surface area contributed by atoms with Crippen molar-refractivity contribution < 1.29 is 0 Å². The maximum atomic E-state index is 6.11. The number of benzene rings is 1. The molecule has 1 unspecified atom stereocenters. The average molecular weight is 214 g/mol. The number of hydrogen-bond acceptors (Lipinski definition) is 1. The number of aryl methyl sites for hydroxylation is 3. The number of aromatic nitrogens is 1. The van der Waals surface area contributed by atoms with E-state index in [1.54, 1.807) is 0 Å². The van der Waals surface area contributed by atoms with E-state index in [-0.39, 0.29) is 6.04 Å². The van der Waals surface area contributed by atoms with Gasteiger partial charge in [-0.3, -0.25) is 0 Å².